The van der Waals surface area contributed by atoms with Gasteiger partial charge in [0.1, 0.15) is 11.5 Å². The van der Waals surface area contributed by atoms with Crippen molar-refractivity contribution in [3.05, 3.63) is 48.3 Å². The highest BCUT2D eigenvalue weighted by atomic mass is 16.5. The summed E-state index contributed by atoms with van der Waals surface area (Å²) in [5, 5.41) is 12.5. The van der Waals surface area contributed by atoms with Crippen molar-refractivity contribution in [2.24, 2.45) is 0 Å². The Labute approximate surface area is 111 Å². The van der Waals surface area contributed by atoms with Crippen LogP contribution in [0.25, 0.3) is 0 Å². The van der Waals surface area contributed by atoms with Crippen LogP contribution >= 0.6 is 0 Å². The highest BCUT2D eigenvalue weighted by Gasteiger charge is 2.11. The molecule has 5 heteroatoms. The van der Waals surface area contributed by atoms with E-state index in [-0.39, 0.29) is 17.2 Å². The van der Waals surface area contributed by atoms with E-state index in [2.05, 4.69) is 5.32 Å². The molecular formula is C14H16N2O3. The van der Waals surface area contributed by atoms with Gasteiger partial charge in [-0.25, -0.2) is 0 Å². The molecule has 0 aliphatic heterocycles. The topological polar surface area (TPSA) is 63.5 Å². The molecule has 1 aromatic carbocycles. The number of benzene rings is 1. The first kappa shape index (κ1) is 13.0. The van der Waals surface area contributed by atoms with E-state index in [9.17, 15) is 9.90 Å². The van der Waals surface area contributed by atoms with E-state index in [0.29, 0.717) is 18.8 Å². The fourth-order valence-electron chi connectivity index (χ4n) is 1.74. The summed E-state index contributed by atoms with van der Waals surface area (Å²) in [6.07, 6.45) is 3.86. The van der Waals surface area contributed by atoms with Crippen molar-refractivity contribution in [1.82, 2.24) is 9.88 Å². The van der Waals surface area contributed by atoms with Crippen LogP contribution in [0.1, 0.15) is 10.4 Å². The van der Waals surface area contributed by atoms with Crippen LogP contribution in [0.2, 0.25) is 0 Å². The third-order valence-electron chi connectivity index (χ3n) is 2.77. The minimum absolute atomic E-state index is 0.0854. The zero-order chi connectivity index (χ0) is 13.7. The summed E-state index contributed by atoms with van der Waals surface area (Å²) in [7, 11) is 1.51. The van der Waals surface area contributed by atoms with Gasteiger partial charge in [-0.15, -0.1) is 0 Å². The van der Waals surface area contributed by atoms with E-state index in [0.717, 1.165) is 0 Å². The van der Waals surface area contributed by atoms with Crippen LogP contribution in [0.5, 0.6) is 11.5 Å². The van der Waals surface area contributed by atoms with Crippen LogP contribution < -0.4 is 10.1 Å². The normalized spacial score (nSPS) is 10.2. The standard InChI is InChI=1S/C14H16N2O3/c1-19-11-4-5-12(13(17)10-11)14(18)15-6-9-16-7-2-3-8-16/h2-5,7-8,10,17H,6,9H2,1H3,(H,15,18). The molecule has 0 fully saturated rings. The van der Waals surface area contributed by atoms with Crippen molar-refractivity contribution >= 4 is 5.91 Å². The number of phenols is 1. The number of nitrogens with zero attached hydrogens (tertiary/aromatic N) is 1. The Hall–Kier alpha value is -2.43. The molecule has 2 aromatic rings. The molecule has 0 saturated carbocycles. The van der Waals surface area contributed by atoms with Crippen LogP contribution in [0.4, 0.5) is 0 Å². The first-order valence-electron chi connectivity index (χ1n) is 5.96. The highest BCUT2D eigenvalue weighted by molar-refractivity contribution is 5.96. The van der Waals surface area contributed by atoms with Crippen LogP contribution in [0.15, 0.2) is 42.7 Å². The molecule has 1 heterocycles. The van der Waals surface area contributed by atoms with Gasteiger partial charge < -0.3 is 19.7 Å². The number of aromatic nitrogens is 1. The number of rotatable bonds is 5. The average Bonchev–Trinajstić information content (AvgIpc) is 2.91. The number of methoxy groups -OCH3 is 1. The van der Waals surface area contributed by atoms with Crippen LogP contribution in [0, 0.1) is 0 Å². The van der Waals surface area contributed by atoms with Crippen LogP contribution in [0.3, 0.4) is 0 Å². The monoisotopic (exact) mass is 260 g/mol. The molecule has 0 atom stereocenters. The van der Waals surface area contributed by atoms with E-state index < -0.39 is 0 Å². The number of hydrogen-bond acceptors (Lipinski definition) is 3. The molecule has 2 N–H and O–H groups in total. The minimum Gasteiger partial charge on any atom is -0.507 e. The lowest BCUT2D eigenvalue weighted by Crippen LogP contribution is -2.27. The Morgan fingerprint density at radius 3 is 2.74 bits per heavy atom. The van der Waals surface area contributed by atoms with Gasteiger partial charge in [-0.3, -0.25) is 4.79 Å². The summed E-state index contributed by atoms with van der Waals surface area (Å²) >= 11 is 0. The SMILES string of the molecule is COc1ccc(C(=O)NCCn2cccc2)c(O)c1. The van der Waals surface area contributed by atoms with E-state index in [1.54, 1.807) is 12.1 Å². The molecule has 0 aliphatic carbocycles. The van der Waals surface area contributed by atoms with Gasteiger partial charge in [0.25, 0.3) is 5.91 Å². The molecular weight excluding hydrogens is 244 g/mol. The molecule has 0 radical (unpaired) electrons. The number of aromatic hydroxyl groups is 1. The molecule has 19 heavy (non-hydrogen) atoms. The smallest absolute Gasteiger partial charge is 0.255 e. The summed E-state index contributed by atoms with van der Waals surface area (Å²) < 4.78 is 6.93. The summed E-state index contributed by atoms with van der Waals surface area (Å²) in [4.78, 5) is 11.9. The maximum Gasteiger partial charge on any atom is 0.255 e. The van der Waals surface area contributed by atoms with Crippen molar-refractivity contribution in [2.75, 3.05) is 13.7 Å². The molecule has 1 aromatic heterocycles. The van der Waals surface area contributed by atoms with Crippen molar-refractivity contribution in [1.29, 1.82) is 0 Å². The van der Waals surface area contributed by atoms with E-state index >= 15 is 0 Å². The van der Waals surface area contributed by atoms with Gasteiger partial charge in [-0.2, -0.15) is 0 Å². The second-order valence-corrected chi connectivity index (χ2v) is 4.06. The lowest BCUT2D eigenvalue weighted by atomic mass is 10.2. The largest absolute Gasteiger partial charge is 0.507 e. The summed E-state index contributed by atoms with van der Waals surface area (Å²) in [6, 6.07) is 8.45. The maximum atomic E-state index is 11.9. The van der Waals surface area contributed by atoms with E-state index in [1.165, 1.54) is 13.2 Å². The molecule has 0 aliphatic rings. The maximum absolute atomic E-state index is 11.9. The second kappa shape index (κ2) is 5.95. The molecule has 1 amide bonds. The molecule has 0 unspecified atom stereocenters. The zero-order valence-electron chi connectivity index (χ0n) is 10.7. The quantitative estimate of drug-likeness (QED) is 0.859. The molecule has 100 valence electrons. The van der Waals surface area contributed by atoms with Crippen molar-refractivity contribution < 1.29 is 14.6 Å². The van der Waals surface area contributed by atoms with Gasteiger partial charge in [-0.1, -0.05) is 0 Å². The van der Waals surface area contributed by atoms with Gasteiger partial charge in [0.2, 0.25) is 0 Å². The molecule has 5 nitrogen and oxygen atoms in total. The first-order chi connectivity index (χ1) is 9.20. The Bertz CT molecular complexity index is 550. The lowest BCUT2D eigenvalue weighted by molar-refractivity contribution is 0.0949. The molecule has 0 saturated heterocycles. The number of carbonyl (C=O) groups is 1. The van der Waals surface area contributed by atoms with Gasteiger partial charge in [0, 0.05) is 31.5 Å². The molecule has 0 bridgehead atoms. The summed E-state index contributed by atoms with van der Waals surface area (Å²) in [5.41, 5.74) is 0.244. The van der Waals surface area contributed by atoms with Gasteiger partial charge in [0.15, 0.2) is 0 Å². The average molecular weight is 260 g/mol. The Balaban J connectivity index is 1.92. The first-order valence-corrected chi connectivity index (χ1v) is 5.96. The minimum atomic E-state index is -0.299. The fraction of sp³-hybridized carbons (Fsp3) is 0.214. The number of carbonyl (C=O) groups excluding carboxylic acids is 1. The number of hydrogen-bond donors (Lipinski definition) is 2. The van der Waals surface area contributed by atoms with Gasteiger partial charge >= 0.3 is 0 Å². The van der Waals surface area contributed by atoms with Gasteiger partial charge in [-0.05, 0) is 24.3 Å². The van der Waals surface area contributed by atoms with Crippen molar-refractivity contribution in [3.8, 4) is 11.5 Å². The fourth-order valence-corrected chi connectivity index (χ4v) is 1.74. The van der Waals surface area contributed by atoms with Crippen LogP contribution in [-0.4, -0.2) is 29.2 Å². The van der Waals surface area contributed by atoms with Crippen molar-refractivity contribution in [3.63, 3.8) is 0 Å². The predicted molar refractivity (Wildman–Crippen MR) is 71.4 cm³/mol. The number of ether oxygens (including phenoxy) is 1. The predicted octanol–water partition coefficient (Wildman–Crippen LogP) is 1.63. The third-order valence-corrected chi connectivity index (χ3v) is 2.77. The Kier molecular flexibility index (Phi) is 4.07. The second-order valence-electron chi connectivity index (χ2n) is 4.06. The number of phenolic OH excluding ortho intramolecular Hbond substituents is 1. The van der Waals surface area contributed by atoms with Crippen LogP contribution in [-0.2, 0) is 6.54 Å². The molecule has 0 spiro atoms. The molecule has 2 rings (SSSR count). The zero-order valence-corrected chi connectivity index (χ0v) is 10.7. The Morgan fingerprint density at radius 2 is 2.11 bits per heavy atom. The van der Waals surface area contributed by atoms with Crippen molar-refractivity contribution in [2.45, 2.75) is 6.54 Å². The summed E-state index contributed by atoms with van der Waals surface area (Å²) in [5.74, 6) is 0.131. The lowest BCUT2D eigenvalue weighted by Gasteiger charge is -2.08. The third kappa shape index (κ3) is 3.28. The summed E-state index contributed by atoms with van der Waals surface area (Å²) in [6.45, 7) is 1.19. The van der Waals surface area contributed by atoms with Gasteiger partial charge in [0.05, 0.1) is 12.7 Å². The number of nitrogens with one attached hydrogen (secondary N) is 1. The highest BCUT2D eigenvalue weighted by Crippen LogP contribution is 2.23. The van der Waals surface area contributed by atoms with E-state index in [4.69, 9.17) is 4.74 Å². The van der Waals surface area contributed by atoms with E-state index in [1.807, 2.05) is 29.1 Å². The Morgan fingerprint density at radius 1 is 1.37 bits per heavy atom. The number of amides is 1.